The maximum Gasteiger partial charge on any atom is 0.284 e. The molecule has 166 valence electrons. The van der Waals surface area contributed by atoms with Crippen molar-refractivity contribution < 1.29 is 18.7 Å². The van der Waals surface area contributed by atoms with Crippen LogP contribution < -0.4 is 21.1 Å². The molecule has 0 spiro atoms. The summed E-state index contributed by atoms with van der Waals surface area (Å²) in [5.74, 6) is -1.25. The quantitative estimate of drug-likeness (QED) is 0.474. The van der Waals surface area contributed by atoms with Crippen LogP contribution in [0.2, 0.25) is 0 Å². The van der Waals surface area contributed by atoms with Gasteiger partial charge in [0.05, 0.1) is 13.2 Å². The number of nitrogens with zero attached hydrogens (tertiary/aromatic N) is 2. The largest absolute Gasteiger partial charge is 0.378 e. The maximum atomic E-state index is 13.2. The van der Waals surface area contributed by atoms with Crippen molar-refractivity contribution in [2.75, 3.05) is 36.5 Å². The van der Waals surface area contributed by atoms with E-state index in [0.717, 1.165) is 18.2 Å². The summed E-state index contributed by atoms with van der Waals surface area (Å²) in [4.78, 5) is 32.0. The SMILES string of the molecule is O=C(NN[C@H](C(=O)Nc1ccc(F)cc1)c1ccccc1)c1csc(N2CCOCC2)n1. The minimum atomic E-state index is -0.873. The zero-order valence-corrected chi connectivity index (χ0v) is 17.9. The van der Waals surface area contributed by atoms with Gasteiger partial charge in [-0.2, -0.15) is 0 Å². The molecule has 2 heterocycles. The van der Waals surface area contributed by atoms with Gasteiger partial charge in [-0.05, 0) is 29.8 Å². The molecule has 1 atom stereocenters. The summed E-state index contributed by atoms with van der Waals surface area (Å²) >= 11 is 1.38. The Morgan fingerprint density at radius 2 is 1.78 bits per heavy atom. The van der Waals surface area contributed by atoms with Crippen molar-refractivity contribution in [1.29, 1.82) is 0 Å². The molecule has 1 aromatic heterocycles. The molecule has 0 bridgehead atoms. The number of thiazole rings is 1. The second kappa shape index (κ2) is 10.3. The average Bonchev–Trinajstić information content (AvgIpc) is 3.32. The van der Waals surface area contributed by atoms with E-state index in [0.29, 0.717) is 24.5 Å². The van der Waals surface area contributed by atoms with E-state index in [2.05, 4.69) is 26.1 Å². The molecule has 0 aliphatic carbocycles. The first-order valence-corrected chi connectivity index (χ1v) is 10.9. The number of aromatic nitrogens is 1. The highest BCUT2D eigenvalue weighted by atomic mass is 32.1. The van der Waals surface area contributed by atoms with Crippen LogP contribution >= 0.6 is 11.3 Å². The summed E-state index contributed by atoms with van der Waals surface area (Å²) in [7, 11) is 0. The third kappa shape index (κ3) is 5.47. The molecule has 10 heteroatoms. The molecule has 1 aliphatic rings. The lowest BCUT2D eigenvalue weighted by molar-refractivity contribution is -0.118. The van der Waals surface area contributed by atoms with E-state index in [1.165, 1.54) is 35.6 Å². The number of amides is 2. The minimum Gasteiger partial charge on any atom is -0.378 e. The summed E-state index contributed by atoms with van der Waals surface area (Å²) in [5.41, 5.74) is 6.74. The number of carbonyl (C=O) groups excluding carboxylic acids is 2. The van der Waals surface area contributed by atoms with E-state index in [-0.39, 0.29) is 5.69 Å². The maximum absolute atomic E-state index is 13.2. The van der Waals surface area contributed by atoms with Gasteiger partial charge in [-0.15, -0.1) is 11.3 Å². The third-order valence-corrected chi connectivity index (χ3v) is 5.74. The van der Waals surface area contributed by atoms with Gasteiger partial charge in [0.1, 0.15) is 17.6 Å². The number of nitrogens with one attached hydrogen (secondary N) is 3. The number of hydrazine groups is 1. The standard InChI is InChI=1S/C22H22FN5O3S/c23-16-6-8-17(9-7-16)24-21(30)19(15-4-2-1-3-5-15)26-27-20(29)18-14-32-22(25-18)28-10-12-31-13-11-28/h1-9,14,19,26H,10-13H2,(H,24,30)(H,27,29)/t19-/m0/s1. The van der Waals surface area contributed by atoms with Crippen molar-refractivity contribution in [3.05, 3.63) is 77.1 Å². The molecular formula is C22H22FN5O3S. The predicted molar refractivity (Wildman–Crippen MR) is 120 cm³/mol. The second-order valence-corrected chi connectivity index (χ2v) is 7.89. The zero-order valence-electron chi connectivity index (χ0n) is 17.1. The van der Waals surface area contributed by atoms with E-state index in [9.17, 15) is 14.0 Å². The first-order chi connectivity index (χ1) is 15.6. The smallest absolute Gasteiger partial charge is 0.284 e. The topological polar surface area (TPSA) is 95.6 Å². The molecule has 2 aromatic carbocycles. The number of morpholine rings is 1. The molecule has 3 N–H and O–H groups in total. The second-order valence-electron chi connectivity index (χ2n) is 7.05. The molecule has 0 unspecified atom stereocenters. The van der Waals surface area contributed by atoms with Crippen molar-refractivity contribution in [3.8, 4) is 0 Å². The number of anilines is 2. The van der Waals surface area contributed by atoms with Crippen LogP contribution in [0.5, 0.6) is 0 Å². The average molecular weight is 456 g/mol. The highest BCUT2D eigenvalue weighted by molar-refractivity contribution is 7.13. The fourth-order valence-corrected chi connectivity index (χ4v) is 4.02. The van der Waals surface area contributed by atoms with Crippen molar-refractivity contribution in [3.63, 3.8) is 0 Å². The van der Waals surface area contributed by atoms with Crippen LogP contribution in [0.4, 0.5) is 15.2 Å². The molecule has 32 heavy (non-hydrogen) atoms. The Balaban J connectivity index is 1.43. The Hall–Kier alpha value is -3.34. The number of ether oxygens (including phenoxy) is 1. The molecule has 3 aromatic rings. The van der Waals surface area contributed by atoms with Crippen molar-refractivity contribution in [2.45, 2.75) is 6.04 Å². The first-order valence-electron chi connectivity index (χ1n) is 10.1. The van der Waals surface area contributed by atoms with Crippen LogP contribution in [-0.4, -0.2) is 43.1 Å². The van der Waals surface area contributed by atoms with Gasteiger partial charge >= 0.3 is 0 Å². The number of hydrogen-bond acceptors (Lipinski definition) is 7. The summed E-state index contributed by atoms with van der Waals surface area (Å²) in [6, 6.07) is 13.6. The fourth-order valence-electron chi connectivity index (χ4n) is 3.16. The Morgan fingerprint density at radius 3 is 2.50 bits per heavy atom. The van der Waals surface area contributed by atoms with Gasteiger partial charge in [-0.25, -0.2) is 14.8 Å². The number of rotatable bonds is 7. The normalized spacial score (nSPS) is 14.6. The van der Waals surface area contributed by atoms with Crippen molar-refractivity contribution in [2.24, 2.45) is 0 Å². The van der Waals surface area contributed by atoms with E-state index < -0.39 is 23.7 Å². The van der Waals surface area contributed by atoms with Crippen LogP contribution in [0.3, 0.4) is 0 Å². The number of hydrogen-bond donors (Lipinski definition) is 3. The summed E-state index contributed by atoms with van der Waals surface area (Å²) in [5, 5.41) is 5.16. The van der Waals surface area contributed by atoms with Gasteiger partial charge in [0.25, 0.3) is 5.91 Å². The van der Waals surface area contributed by atoms with Gasteiger partial charge in [-0.1, -0.05) is 30.3 Å². The molecule has 1 saturated heterocycles. The van der Waals surface area contributed by atoms with Crippen LogP contribution in [0.15, 0.2) is 60.0 Å². The highest BCUT2D eigenvalue weighted by Gasteiger charge is 2.23. The Labute approximate surface area is 188 Å². The van der Waals surface area contributed by atoms with Gasteiger partial charge < -0.3 is 15.0 Å². The lowest BCUT2D eigenvalue weighted by Gasteiger charge is -2.26. The molecule has 8 nitrogen and oxygen atoms in total. The fraction of sp³-hybridized carbons (Fsp3) is 0.227. The minimum absolute atomic E-state index is 0.259. The van der Waals surface area contributed by atoms with Gasteiger partial charge in [-0.3, -0.25) is 15.0 Å². The van der Waals surface area contributed by atoms with E-state index in [1.807, 2.05) is 6.07 Å². The van der Waals surface area contributed by atoms with Gasteiger partial charge in [0, 0.05) is 24.2 Å². The number of carbonyl (C=O) groups is 2. The Kier molecular flexibility index (Phi) is 7.05. The Bertz CT molecular complexity index is 1050. The van der Waals surface area contributed by atoms with Crippen molar-refractivity contribution >= 4 is 34.0 Å². The molecule has 2 amide bonds. The van der Waals surface area contributed by atoms with Crippen molar-refractivity contribution in [1.82, 2.24) is 15.8 Å². The summed E-state index contributed by atoms with van der Waals surface area (Å²) < 4.78 is 18.5. The molecule has 1 fully saturated rings. The molecule has 1 aliphatic heterocycles. The third-order valence-electron chi connectivity index (χ3n) is 4.84. The predicted octanol–water partition coefficient (Wildman–Crippen LogP) is 2.73. The zero-order chi connectivity index (χ0) is 22.3. The van der Waals surface area contributed by atoms with Crippen LogP contribution in [-0.2, 0) is 9.53 Å². The molecular weight excluding hydrogens is 433 g/mol. The number of halogens is 1. The molecule has 0 saturated carbocycles. The van der Waals surface area contributed by atoms with Gasteiger partial charge in [0.2, 0.25) is 5.91 Å². The van der Waals surface area contributed by atoms with E-state index in [4.69, 9.17) is 4.74 Å². The molecule has 0 radical (unpaired) electrons. The number of benzene rings is 2. The Morgan fingerprint density at radius 1 is 1.06 bits per heavy atom. The van der Waals surface area contributed by atoms with Crippen LogP contribution in [0, 0.1) is 5.82 Å². The van der Waals surface area contributed by atoms with Crippen LogP contribution in [0.1, 0.15) is 22.1 Å². The summed E-state index contributed by atoms with van der Waals surface area (Å²) in [6.45, 7) is 2.72. The highest BCUT2D eigenvalue weighted by Crippen LogP contribution is 2.21. The lowest BCUT2D eigenvalue weighted by Crippen LogP contribution is -2.44. The van der Waals surface area contributed by atoms with E-state index >= 15 is 0 Å². The first kappa shape index (κ1) is 21.9. The van der Waals surface area contributed by atoms with E-state index in [1.54, 1.807) is 29.6 Å². The van der Waals surface area contributed by atoms with Gasteiger partial charge in [0.15, 0.2) is 5.13 Å². The monoisotopic (exact) mass is 455 g/mol. The van der Waals surface area contributed by atoms with Crippen LogP contribution in [0.25, 0.3) is 0 Å². The lowest BCUT2D eigenvalue weighted by atomic mass is 10.1. The summed E-state index contributed by atoms with van der Waals surface area (Å²) in [6.07, 6.45) is 0. The molecule has 4 rings (SSSR count).